The number of hydrogen-bond acceptors (Lipinski definition) is 5. The highest BCUT2D eigenvalue weighted by atomic mass is 16.5. The summed E-state index contributed by atoms with van der Waals surface area (Å²) < 4.78 is 5.57. The van der Waals surface area contributed by atoms with Crippen molar-refractivity contribution in [3.05, 3.63) is 78.6 Å². The van der Waals surface area contributed by atoms with Gasteiger partial charge < -0.3 is 20.5 Å². The van der Waals surface area contributed by atoms with Gasteiger partial charge in [0.15, 0.2) is 6.10 Å². The number of aromatic nitrogens is 1. The second-order valence-corrected chi connectivity index (χ2v) is 5.98. The van der Waals surface area contributed by atoms with Gasteiger partial charge in [0.1, 0.15) is 11.5 Å². The summed E-state index contributed by atoms with van der Waals surface area (Å²) in [6.45, 7) is 1.61. The number of nitrogens with zero attached hydrogens (tertiary/aromatic N) is 1. The van der Waals surface area contributed by atoms with Crippen LogP contribution in [0.1, 0.15) is 17.3 Å². The second kappa shape index (κ2) is 8.68. The van der Waals surface area contributed by atoms with E-state index in [0.717, 1.165) is 0 Å². The zero-order valence-electron chi connectivity index (χ0n) is 15.1. The number of carbonyl (C=O) groups is 2. The van der Waals surface area contributed by atoms with Gasteiger partial charge >= 0.3 is 0 Å². The minimum absolute atomic E-state index is 0.114. The number of ether oxygens (including phenoxy) is 1. The van der Waals surface area contributed by atoms with Crippen LogP contribution in [0, 0.1) is 0 Å². The fourth-order valence-corrected chi connectivity index (χ4v) is 2.41. The van der Waals surface area contributed by atoms with Crippen molar-refractivity contribution in [3.63, 3.8) is 0 Å². The topological polar surface area (TPSA) is 101 Å². The predicted octanol–water partition coefficient (Wildman–Crippen LogP) is 3.45. The minimum Gasteiger partial charge on any atom is -0.508 e. The van der Waals surface area contributed by atoms with Gasteiger partial charge in [-0.1, -0.05) is 12.1 Å². The van der Waals surface area contributed by atoms with Crippen molar-refractivity contribution in [2.75, 3.05) is 10.6 Å². The van der Waals surface area contributed by atoms with Gasteiger partial charge in [-0.2, -0.15) is 0 Å². The summed E-state index contributed by atoms with van der Waals surface area (Å²) in [4.78, 5) is 28.8. The standard InChI is InChI=1S/C21H19N3O4/c1-14(28-17-10-8-16(25)9-11-17)20(26)23-18-6-2-3-7-19(18)24-21(27)15-5-4-12-22-13-15/h2-14,25H,1H3,(H,23,26)(H,24,27). The lowest BCUT2D eigenvalue weighted by molar-refractivity contribution is -0.122. The Labute approximate surface area is 162 Å². The molecule has 3 N–H and O–H groups in total. The van der Waals surface area contributed by atoms with Crippen LogP contribution in [0.25, 0.3) is 0 Å². The lowest BCUT2D eigenvalue weighted by Gasteiger charge is -2.17. The Balaban J connectivity index is 1.67. The van der Waals surface area contributed by atoms with E-state index in [9.17, 15) is 14.7 Å². The van der Waals surface area contributed by atoms with E-state index in [1.807, 2.05) is 0 Å². The Hall–Kier alpha value is -3.87. The third-order valence-electron chi connectivity index (χ3n) is 3.88. The number of hydrogen-bond donors (Lipinski definition) is 3. The van der Waals surface area contributed by atoms with Crippen LogP contribution in [0.3, 0.4) is 0 Å². The number of benzene rings is 2. The molecule has 0 fully saturated rings. The van der Waals surface area contributed by atoms with Crippen molar-refractivity contribution < 1.29 is 19.4 Å². The first kappa shape index (κ1) is 18.9. The molecule has 1 heterocycles. The van der Waals surface area contributed by atoms with Crippen molar-refractivity contribution in [3.8, 4) is 11.5 Å². The van der Waals surface area contributed by atoms with E-state index in [1.54, 1.807) is 61.7 Å². The molecule has 3 aromatic rings. The van der Waals surface area contributed by atoms with Gasteiger partial charge in [-0.3, -0.25) is 14.6 Å². The molecule has 2 aromatic carbocycles. The lowest BCUT2D eigenvalue weighted by atomic mass is 10.2. The molecule has 0 aliphatic heterocycles. The number of pyridine rings is 1. The maximum atomic E-state index is 12.5. The van der Waals surface area contributed by atoms with E-state index in [0.29, 0.717) is 22.7 Å². The highest BCUT2D eigenvalue weighted by Crippen LogP contribution is 2.23. The SMILES string of the molecule is CC(Oc1ccc(O)cc1)C(=O)Nc1ccccc1NC(=O)c1cccnc1. The first-order valence-electron chi connectivity index (χ1n) is 8.60. The number of phenolic OH excluding ortho intramolecular Hbond substituents is 1. The summed E-state index contributed by atoms with van der Waals surface area (Å²) >= 11 is 0. The van der Waals surface area contributed by atoms with Gasteiger partial charge in [0.05, 0.1) is 16.9 Å². The number of para-hydroxylation sites is 2. The number of amides is 2. The van der Waals surface area contributed by atoms with Crippen LogP contribution < -0.4 is 15.4 Å². The maximum Gasteiger partial charge on any atom is 0.265 e. The minimum atomic E-state index is -0.786. The van der Waals surface area contributed by atoms with E-state index in [2.05, 4.69) is 15.6 Å². The molecule has 7 heteroatoms. The third kappa shape index (κ3) is 4.85. The quantitative estimate of drug-likeness (QED) is 0.611. The zero-order chi connectivity index (χ0) is 19.9. The highest BCUT2D eigenvalue weighted by Gasteiger charge is 2.17. The van der Waals surface area contributed by atoms with E-state index >= 15 is 0 Å². The van der Waals surface area contributed by atoms with Gasteiger partial charge in [-0.05, 0) is 55.5 Å². The van der Waals surface area contributed by atoms with Crippen molar-refractivity contribution in [2.24, 2.45) is 0 Å². The Bertz CT molecular complexity index is 959. The number of nitrogens with one attached hydrogen (secondary N) is 2. The van der Waals surface area contributed by atoms with Gasteiger partial charge in [-0.15, -0.1) is 0 Å². The average Bonchev–Trinajstić information content (AvgIpc) is 2.71. The molecule has 1 unspecified atom stereocenters. The van der Waals surface area contributed by atoms with Gasteiger partial charge in [0, 0.05) is 12.4 Å². The van der Waals surface area contributed by atoms with Crippen LogP contribution in [0.5, 0.6) is 11.5 Å². The Morgan fingerprint density at radius 3 is 2.29 bits per heavy atom. The Kier molecular flexibility index (Phi) is 5.86. The summed E-state index contributed by atoms with van der Waals surface area (Å²) in [5.41, 5.74) is 1.32. The van der Waals surface area contributed by atoms with Crippen molar-refractivity contribution in [2.45, 2.75) is 13.0 Å². The third-order valence-corrected chi connectivity index (χ3v) is 3.88. The van der Waals surface area contributed by atoms with E-state index in [1.165, 1.54) is 18.3 Å². The van der Waals surface area contributed by atoms with Gasteiger partial charge in [-0.25, -0.2) is 0 Å². The molecule has 1 atom stereocenters. The van der Waals surface area contributed by atoms with E-state index in [-0.39, 0.29) is 17.6 Å². The second-order valence-electron chi connectivity index (χ2n) is 5.98. The summed E-state index contributed by atoms with van der Waals surface area (Å²) in [7, 11) is 0. The lowest BCUT2D eigenvalue weighted by Crippen LogP contribution is -2.30. The van der Waals surface area contributed by atoms with Gasteiger partial charge in [0.2, 0.25) is 0 Å². The number of phenols is 1. The molecule has 0 radical (unpaired) electrons. The molecule has 3 rings (SSSR count). The zero-order valence-corrected chi connectivity index (χ0v) is 15.1. The van der Waals surface area contributed by atoms with E-state index < -0.39 is 6.10 Å². The Morgan fingerprint density at radius 2 is 1.64 bits per heavy atom. The molecule has 0 saturated heterocycles. The first-order valence-corrected chi connectivity index (χ1v) is 8.60. The average molecular weight is 377 g/mol. The molecule has 28 heavy (non-hydrogen) atoms. The van der Waals surface area contributed by atoms with Crippen molar-refractivity contribution >= 4 is 23.2 Å². The van der Waals surface area contributed by atoms with Crippen molar-refractivity contribution in [1.82, 2.24) is 4.98 Å². The summed E-state index contributed by atoms with van der Waals surface area (Å²) in [5.74, 6) is -0.138. The maximum absolute atomic E-state index is 12.5. The highest BCUT2D eigenvalue weighted by molar-refractivity contribution is 6.07. The fourth-order valence-electron chi connectivity index (χ4n) is 2.41. The molecule has 0 bridgehead atoms. The number of carbonyl (C=O) groups excluding carboxylic acids is 2. The van der Waals surface area contributed by atoms with E-state index in [4.69, 9.17) is 4.74 Å². The molecular formula is C21H19N3O4. The first-order chi connectivity index (χ1) is 13.5. The summed E-state index contributed by atoms with van der Waals surface area (Å²) in [5, 5.41) is 14.8. The van der Waals surface area contributed by atoms with Crippen LogP contribution in [-0.4, -0.2) is 28.0 Å². The largest absolute Gasteiger partial charge is 0.508 e. The number of rotatable bonds is 6. The molecule has 142 valence electrons. The van der Waals surface area contributed by atoms with Crippen LogP contribution in [0.4, 0.5) is 11.4 Å². The number of anilines is 2. The summed E-state index contributed by atoms with van der Waals surface area (Å²) in [6.07, 6.45) is 2.26. The predicted molar refractivity (Wildman–Crippen MR) is 105 cm³/mol. The van der Waals surface area contributed by atoms with Crippen LogP contribution >= 0.6 is 0 Å². The number of aromatic hydroxyl groups is 1. The molecule has 0 spiro atoms. The smallest absolute Gasteiger partial charge is 0.265 e. The fraction of sp³-hybridized carbons (Fsp3) is 0.0952. The van der Waals surface area contributed by atoms with Crippen LogP contribution in [0.15, 0.2) is 73.1 Å². The van der Waals surface area contributed by atoms with Crippen molar-refractivity contribution in [1.29, 1.82) is 0 Å². The molecule has 7 nitrogen and oxygen atoms in total. The molecule has 0 saturated carbocycles. The van der Waals surface area contributed by atoms with Crippen LogP contribution in [-0.2, 0) is 4.79 Å². The molecule has 0 aliphatic rings. The van der Waals surface area contributed by atoms with Crippen LogP contribution in [0.2, 0.25) is 0 Å². The Morgan fingerprint density at radius 1 is 0.964 bits per heavy atom. The normalized spacial score (nSPS) is 11.3. The summed E-state index contributed by atoms with van der Waals surface area (Å²) in [6, 6.07) is 16.3. The molecule has 1 aromatic heterocycles. The van der Waals surface area contributed by atoms with Gasteiger partial charge in [0.25, 0.3) is 11.8 Å². The monoisotopic (exact) mass is 377 g/mol. The molecule has 2 amide bonds. The molecular weight excluding hydrogens is 358 g/mol. The molecule has 0 aliphatic carbocycles.